The zero-order chi connectivity index (χ0) is 34.6. The van der Waals surface area contributed by atoms with E-state index in [-0.39, 0.29) is 41.8 Å². The van der Waals surface area contributed by atoms with E-state index in [1.54, 1.807) is 18.2 Å². The molecule has 5 rings (SSSR count). The average molecular weight is 676 g/mol. The summed E-state index contributed by atoms with van der Waals surface area (Å²) in [5.41, 5.74) is 2.37. The molecule has 0 bridgehead atoms. The fraction of sp³-hybridized carbons (Fsp3) is 0.432. The summed E-state index contributed by atoms with van der Waals surface area (Å²) in [6.07, 6.45) is 4.14. The lowest BCUT2D eigenvalue weighted by molar-refractivity contribution is -0.125. The largest absolute Gasteiger partial charge is 0.490 e. The van der Waals surface area contributed by atoms with Crippen LogP contribution in [0.25, 0.3) is 22.2 Å². The molecule has 0 spiro atoms. The Morgan fingerprint density at radius 2 is 1.85 bits per heavy atom. The van der Waals surface area contributed by atoms with Gasteiger partial charge in [-0.05, 0) is 67.8 Å². The molecule has 1 fully saturated rings. The molecule has 0 unspecified atom stereocenters. The van der Waals surface area contributed by atoms with Gasteiger partial charge in [-0.1, -0.05) is 32.6 Å². The van der Waals surface area contributed by atoms with Gasteiger partial charge in [-0.15, -0.1) is 0 Å². The van der Waals surface area contributed by atoms with Crippen LogP contribution in [-0.4, -0.2) is 49.3 Å². The van der Waals surface area contributed by atoms with E-state index in [0.29, 0.717) is 66.1 Å². The van der Waals surface area contributed by atoms with Gasteiger partial charge in [0.1, 0.15) is 35.7 Å². The zero-order valence-corrected chi connectivity index (χ0v) is 29.5. The van der Waals surface area contributed by atoms with Crippen LogP contribution < -0.4 is 9.47 Å². The Morgan fingerprint density at radius 1 is 1.12 bits per heavy atom. The van der Waals surface area contributed by atoms with Gasteiger partial charge in [0.15, 0.2) is 17.4 Å². The van der Waals surface area contributed by atoms with Gasteiger partial charge < -0.3 is 23.5 Å². The maximum absolute atomic E-state index is 15.5. The summed E-state index contributed by atoms with van der Waals surface area (Å²) in [6.45, 7) is 14.7. The van der Waals surface area contributed by atoms with Crippen LogP contribution >= 0.6 is 0 Å². The van der Waals surface area contributed by atoms with E-state index in [9.17, 15) is 10.1 Å². The highest BCUT2D eigenvalue weighted by atomic mass is 28.3. The number of Topliss-reactive ketones (excluding diaryl/α,β-unsaturated/α-hetero) is 1. The van der Waals surface area contributed by atoms with E-state index in [1.165, 1.54) is 6.20 Å². The van der Waals surface area contributed by atoms with Gasteiger partial charge in [0.05, 0.1) is 30.3 Å². The highest BCUT2D eigenvalue weighted by Gasteiger charge is 2.33. The number of halogens is 2. The number of hydrogen-bond donors (Lipinski definition) is 0. The van der Waals surface area contributed by atoms with Crippen molar-refractivity contribution < 1.29 is 32.5 Å². The van der Waals surface area contributed by atoms with E-state index in [2.05, 4.69) is 37.6 Å². The molecule has 0 atom stereocenters. The number of fused-ring (bicyclic) bond motifs is 1. The minimum atomic E-state index is -1.32. The molecule has 254 valence electrons. The zero-order valence-electron chi connectivity index (χ0n) is 28.5. The van der Waals surface area contributed by atoms with Crippen LogP contribution in [-0.2, 0) is 27.4 Å². The quantitative estimate of drug-likeness (QED) is 0.0919. The van der Waals surface area contributed by atoms with E-state index in [4.69, 9.17) is 18.9 Å². The molecule has 11 heteroatoms. The van der Waals surface area contributed by atoms with Crippen LogP contribution in [0.3, 0.4) is 0 Å². The van der Waals surface area contributed by atoms with E-state index in [1.807, 2.05) is 30.7 Å². The molecule has 1 aliphatic heterocycles. The topological polar surface area (TPSA) is 95.6 Å². The number of ketones is 1. The highest BCUT2D eigenvalue weighted by Crippen LogP contribution is 2.41. The van der Waals surface area contributed by atoms with Crippen molar-refractivity contribution in [3.05, 3.63) is 71.6 Å². The number of pyridine rings is 1. The molecule has 0 radical (unpaired) electrons. The van der Waals surface area contributed by atoms with Crippen molar-refractivity contribution in [3.63, 3.8) is 0 Å². The normalized spacial score (nSPS) is 14.2. The first-order chi connectivity index (χ1) is 22.7. The lowest BCUT2D eigenvalue weighted by Gasteiger charge is -2.37. The fourth-order valence-corrected chi connectivity index (χ4v) is 6.30. The van der Waals surface area contributed by atoms with E-state index < -0.39 is 25.5 Å². The molecule has 48 heavy (non-hydrogen) atoms. The minimum Gasteiger partial charge on any atom is -0.490 e. The SMILES string of the molecule is CC(C)Oc1ccc(-c2cn(COCC[Si](C)(C)C)c3nccc(Oc4c(F)cc(CC(=O)CCC5(C)COC5)cc4F)c23)cc1C#N. The van der Waals surface area contributed by atoms with Crippen molar-refractivity contribution in [2.45, 2.75) is 78.6 Å². The molecule has 0 N–H and O–H groups in total. The maximum atomic E-state index is 15.5. The molecule has 1 saturated heterocycles. The smallest absolute Gasteiger partial charge is 0.198 e. The van der Waals surface area contributed by atoms with Crippen LogP contribution in [0.5, 0.6) is 17.2 Å². The molecule has 2 aromatic carbocycles. The fourth-order valence-electron chi connectivity index (χ4n) is 5.55. The summed E-state index contributed by atoms with van der Waals surface area (Å²) in [6, 6.07) is 12.3. The Balaban J connectivity index is 1.47. The number of hydrogen-bond acceptors (Lipinski definition) is 7. The van der Waals surface area contributed by atoms with Gasteiger partial charge in [-0.2, -0.15) is 5.26 Å². The molecular formula is C37H43F2N3O5Si. The summed E-state index contributed by atoms with van der Waals surface area (Å²) in [4.78, 5) is 17.2. The Bertz CT molecular complexity index is 1820. The second-order valence-corrected chi connectivity index (χ2v) is 20.0. The Morgan fingerprint density at radius 3 is 2.48 bits per heavy atom. The summed E-state index contributed by atoms with van der Waals surface area (Å²) >= 11 is 0. The molecule has 8 nitrogen and oxygen atoms in total. The summed E-state index contributed by atoms with van der Waals surface area (Å²) in [7, 11) is -1.32. The molecule has 3 heterocycles. The van der Waals surface area contributed by atoms with Crippen LogP contribution in [0, 0.1) is 28.4 Å². The number of aromatic nitrogens is 2. The molecule has 0 amide bonds. The van der Waals surface area contributed by atoms with Crippen LogP contribution in [0.1, 0.15) is 44.7 Å². The predicted octanol–water partition coefficient (Wildman–Crippen LogP) is 8.67. The summed E-state index contributed by atoms with van der Waals surface area (Å²) in [5, 5.41) is 10.4. The minimum absolute atomic E-state index is 0.0162. The second kappa shape index (κ2) is 14.6. The highest BCUT2D eigenvalue weighted by molar-refractivity contribution is 6.76. The third-order valence-corrected chi connectivity index (χ3v) is 10.0. The van der Waals surface area contributed by atoms with Crippen LogP contribution in [0.2, 0.25) is 25.7 Å². The number of carbonyl (C=O) groups excluding carboxylic acids is 1. The average Bonchev–Trinajstić information content (AvgIpc) is 3.38. The van der Waals surface area contributed by atoms with Crippen molar-refractivity contribution in [1.29, 1.82) is 5.26 Å². The lowest BCUT2D eigenvalue weighted by Crippen LogP contribution is -2.40. The van der Waals surface area contributed by atoms with Crippen molar-refractivity contribution in [3.8, 4) is 34.4 Å². The molecule has 0 saturated carbocycles. The monoisotopic (exact) mass is 675 g/mol. The predicted molar refractivity (Wildman–Crippen MR) is 183 cm³/mol. The summed E-state index contributed by atoms with van der Waals surface area (Å²) < 4.78 is 55.9. The lowest BCUT2D eigenvalue weighted by atomic mass is 9.82. The number of ether oxygens (including phenoxy) is 4. The first-order valence-electron chi connectivity index (χ1n) is 16.3. The second-order valence-electron chi connectivity index (χ2n) is 14.4. The molecule has 2 aromatic heterocycles. The van der Waals surface area contributed by atoms with Crippen molar-refractivity contribution in [1.82, 2.24) is 9.55 Å². The summed E-state index contributed by atoms with van der Waals surface area (Å²) in [5.74, 6) is -1.88. The number of benzene rings is 2. The van der Waals surface area contributed by atoms with Crippen molar-refractivity contribution in [2.24, 2.45) is 5.41 Å². The number of nitriles is 1. The Hall–Kier alpha value is -4.11. The molecular weight excluding hydrogens is 633 g/mol. The van der Waals surface area contributed by atoms with Crippen LogP contribution in [0.4, 0.5) is 8.78 Å². The first-order valence-corrected chi connectivity index (χ1v) is 20.0. The van der Waals surface area contributed by atoms with Gasteiger partial charge in [0, 0.05) is 50.9 Å². The Labute approximate surface area is 281 Å². The van der Waals surface area contributed by atoms with Crippen molar-refractivity contribution >= 4 is 24.9 Å². The van der Waals surface area contributed by atoms with Gasteiger partial charge in [-0.25, -0.2) is 13.8 Å². The third kappa shape index (κ3) is 8.48. The Kier molecular flexibility index (Phi) is 10.7. The van der Waals surface area contributed by atoms with Gasteiger partial charge in [0.25, 0.3) is 0 Å². The first kappa shape index (κ1) is 35.2. The van der Waals surface area contributed by atoms with E-state index in [0.717, 1.165) is 18.2 Å². The van der Waals surface area contributed by atoms with Crippen LogP contribution in [0.15, 0.2) is 48.8 Å². The van der Waals surface area contributed by atoms with E-state index >= 15 is 8.78 Å². The standard InChI is InChI=1S/C37H43F2N3O5Si/c1-24(2)46-32-8-7-26(18-27(32)19-40)29-20-42(23-44-13-14-48(4,5)6)36-34(29)33(10-12-41-36)47-35-30(38)16-25(17-31(35)39)15-28(43)9-11-37(3)21-45-22-37/h7-8,10,12,16-18,20,24H,9,11,13-15,21-23H2,1-6H3. The van der Waals surface area contributed by atoms with Crippen molar-refractivity contribution in [2.75, 3.05) is 19.8 Å². The van der Waals surface area contributed by atoms with Gasteiger partial charge in [0.2, 0.25) is 0 Å². The molecule has 4 aromatic rings. The molecule has 1 aliphatic rings. The number of nitrogens with zero attached hydrogens (tertiary/aromatic N) is 3. The van der Waals surface area contributed by atoms with Gasteiger partial charge >= 0.3 is 0 Å². The third-order valence-electron chi connectivity index (χ3n) is 8.30. The molecule has 0 aliphatic carbocycles. The van der Waals surface area contributed by atoms with Gasteiger partial charge in [-0.3, -0.25) is 4.79 Å². The maximum Gasteiger partial charge on any atom is 0.198 e. The number of rotatable bonds is 15. The number of carbonyl (C=O) groups is 1.